The maximum atomic E-state index is 13.5. The van der Waals surface area contributed by atoms with Crippen molar-refractivity contribution in [1.82, 2.24) is 4.90 Å². The predicted octanol–water partition coefficient (Wildman–Crippen LogP) is 4.77. The molecule has 1 aliphatic heterocycles. The minimum atomic E-state index is -0.354. The number of para-hydroxylation sites is 2. The van der Waals surface area contributed by atoms with Gasteiger partial charge in [0.25, 0.3) is 11.8 Å². The second kappa shape index (κ2) is 8.66. The number of nitrogens with zero attached hydrogens (tertiary/aromatic N) is 2. The molecular weight excluding hydrogens is 412 g/mol. The van der Waals surface area contributed by atoms with Crippen molar-refractivity contribution in [2.45, 2.75) is 6.54 Å². The number of ether oxygens (including phenoxy) is 1. The summed E-state index contributed by atoms with van der Waals surface area (Å²) in [7, 11) is 3.36. The monoisotopic (exact) mass is 432 g/mol. The number of methoxy groups -OCH3 is 1. The Labute approximate surface area is 186 Å². The number of hydrogen-bond donors (Lipinski definition) is 0. The van der Waals surface area contributed by atoms with Crippen LogP contribution in [-0.2, 0) is 16.1 Å². The lowest BCUT2D eigenvalue weighted by Crippen LogP contribution is -2.33. The Morgan fingerprint density at radius 1 is 0.871 bits per heavy atom. The number of imide groups is 1. The van der Waals surface area contributed by atoms with Gasteiger partial charge in [0.15, 0.2) is 0 Å². The molecule has 0 fully saturated rings. The van der Waals surface area contributed by atoms with Crippen LogP contribution < -0.4 is 9.64 Å². The standard InChI is InChI=1S/C25H21ClN2O3/c1-27(20-9-4-3-5-10-20)23-22(17-12-14-19(26)15-13-17)24(29)28(25(23)30)16-18-8-6-7-11-21(18)31-2/h3-15H,16H2,1-2H3. The molecule has 31 heavy (non-hydrogen) atoms. The van der Waals surface area contributed by atoms with Crippen molar-refractivity contribution < 1.29 is 14.3 Å². The summed E-state index contributed by atoms with van der Waals surface area (Å²) in [6.07, 6.45) is 0. The number of benzene rings is 3. The molecular formula is C25H21ClN2O3. The molecule has 0 saturated carbocycles. The average Bonchev–Trinajstić information content (AvgIpc) is 3.05. The van der Waals surface area contributed by atoms with Gasteiger partial charge in [-0.15, -0.1) is 0 Å². The van der Waals surface area contributed by atoms with Crippen molar-refractivity contribution >= 4 is 34.7 Å². The van der Waals surface area contributed by atoms with E-state index in [0.717, 1.165) is 11.3 Å². The highest BCUT2D eigenvalue weighted by atomic mass is 35.5. The van der Waals surface area contributed by atoms with Crippen molar-refractivity contribution in [3.05, 3.63) is 101 Å². The van der Waals surface area contributed by atoms with Crippen LogP contribution >= 0.6 is 11.6 Å². The molecule has 1 heterocycles. The summed E-state index contributed by atoms with van der Waals surface area (Å²) in [5.74, 6) is -0.0794. The summed E-state index contributed by atoms with van der Waals surface area (Å²) < 4.78 is 5.41. The van der Waals surface area contributed by atoms with Gasteiger partial charge in [-0.3, -0.25) is 14.5 Å². The fourth-order valence-corrected chi connectivity index (χ4v) is 3.81. The van der Waals surface area contributed by atoms with Crippen LogP contribution in [-0.4, -0.2) is 30.9 Å². The number of hydrogen-bond acceptors (Lipinski definition) is 4. The number of carbonyl (C=O) groups excluding carboxylic acids is 2. The fraction of sp³-hybridized carbons (Fsp3) is 0.120. The molecule has 0 saturated heterocycles. The van der Waals surface area contributed by atoms with Gasteiger partial charge in [0, 0.05) is 23.3 Å². The van der Waals surface area contributed by atoms with E-state index in [4.69, 9.17) is 16.3 Å². The molecule has 0 unspecified atom stereocenters. The highest BCUT2D eigenvalue weighted by Crippen LogP contribution is 2.35. The van der Waals surface area contributed by atoms with Crippen LogP contribution in [0.15, 0.2) is 84.6 Å². The van der Waals surface area contributed by atoms with Crippen LogP contribution in [0.4, 0.5) is 5.69 Å². The van der Waals surface area contributed by atoms with E-state index in [0.29, 0.717) is 27.6 Å². The molecule has 0 spiro atoms. The molecule has 0 N–H and O–H groups in total. The molecule has 0 atom stereocenters. The molecule has 6 heteroatoms. The first-order valence-corrected chi connectivity index (χ1v) is 10.2. The topological polar surface area (TPSA) is 49.9 Å². The SMILES string of the molecule is COc1ccccc1CN1C(=O)C(c2ccc(Cl)cc2)=C(N(C)c2ccccc2)C1=O. The Hall–Kier alpha value is -3.57. The summed E-state index contributed by atoms with van der Waals surface area (Å²) in [4.78, 5) is 30.0. The van der Waals surface area contributed by atoms with Gasteiger partial charge in [0.1, 0.15) is 11.4 Å². The average molecular weight is 433 g/mol. The zero-order valence-electron chi connectivity index (χ0n) is 17.2. The first-order chi connectivity index (χ1) is 15.0. The van der Waals surface area contributed by atoms with Gasteiger partial charge in [-0.05, 0) is 35.9 Å². The number of amides is 2. The van der Waals surface area contributed by atoms with Crippen LogP contribution in [0.25, 0.3) is 5.57 Å². The van der Waals surface area contributed by atoms with Crippen molar-refractivity contribution in [1.29, 1.82) is 0 Å². The lowest BCUT2D eigenvalue weighted by atomic mass is 10.0. The highest BCUT2D eigenvalue weighted by Gasteiger charge is 2.41. The second-order valence-electron chi connectivity index (χ2n) is 7.13. The predicted molar refractivity (Wildman–Crippen MR) is 122 cm³/mol. The third-order valence-corrected chi connectivity index (χ3v) is 5.53. The van der Waals surface area contributed by atoms with Crippen molar-refractivity contribution in [2.24, 2.45) is 0 Å². The van der Waals surface area contributed by atoms with E-state index in [2.05, 4.69) is 0 Å². The number of likely N-dealkylation sites (N-methyl/N-ethyl adjacent to an activating group) is 1. The van der Waals surface area contributed by atoms with Gasteiger partial charge < -0.3 is 9.64 Å². The van der Waals surface area contributed by atoms with Crippen LogP contribution in [0.1, 0.15) is 11.1 Å². The lowest BCUT2D eigenvalue weighted by Gasteiger charge is -2.22. The lowest BCUT2D eigenvalue weighted by molar-refractivity contribution is -0.137. The molecule has 3 aromatic rings. The van der Waals surface area contributed by atoms with Gasteiger partial charge in [-0.2, -0.15) is 0 Å². The molecule has 2 amide bonds. The second-order valence-corrected chi connectivity index (χ2v) is 7.57. The van der Waals surface area contributed by atoms with Gasteiger partial charge in [-0.25, -0.2) is 0 Å². The Balaban J connectivity index is 1.79. The van der Waals surface area contributed by atoms with E-state index >= 15 is 0 Å². The van der Waals surface area contributed by atoms with Crippen molar-refractivity contribution in [2.75, 3.05) is 19.1 Å². The molecule has 0 radical (unpaired) electrons. The number of anilines is 1. The molecule has 1 aliphatic rings. The molecule has 0 aromatic heterocycles. The summed E-state index contributed by atoms with van der Waals surface area (Å²) in [5.41, 5.74) is 2.88. The molecule has 0 bridgehead atoms. The summed E-state index contributed by atoms with van der Waals surface area (Å²) >= 11 is 6.04. The Kier molecular flexibility index (Phi) is 5.78. The zero-order valence-corrected chi connectivity index (χ0v) is 18.0. The zero-order chi connectivity index (χ0) is 22.0. The molecule has 156 valence electrons. The first-order valence-electron chi connectivity index (χ1n) is 9.78. The summed E-state index contributed by atoms with van der Waals surface area (Å²) in [6.45, 7) is 0.116. The van der Waals surface area contributed by atoms with Gasteiger partial charge in [0.2, 0.25) is 0 Å². The Bertz CT molecular complexity index is 1160. The van der Waals surface area contributed by atoms with Gasteiger partial charge >= 0.3 is 0 Å². The molecule has 4 rings (SSSR count). The van der Waals surface area contributed by atoms with E-state index in [1.165, 1.54) is 4.90 Å². The van der Waals surface area contributed by atoms with Crippen LogP contribution in [0.5, 0.6) is 5.75 Å². The number of rotatable bonds is 6. The third kappa shape index (κ3) is 3.92. The van der Waals surface area contributed by atoms with E-state index in [1.807, 2.05) is 54.6 Å². The highest BCUT2D eigenvalue weighted by molar-refractivity contribution is 6.37. The number of halogens is 1. The maximum Gasteiger partial charge on any atom is 0.278 e. The Morgan fingerprint density at radius 2 is 1.52 bits per heavy atom. The molecule has 0 aliphatic carbocycles. The molecule has 5 nitrogen and oxygen atoms in total. The third-order valence-electron chi connectivity index (χ3n) is 5.28. The minimum Gasteiger partial charge on any atom is -0.496 e. The Morgan fingerprint density at radius 3 is 2.19 bits per heavy atom. The van der Waals surface area contributed by atoms with E-state index in [-0.39, 0.29) is 18.4 Å². The van der Waals surface area contributed by atoms with E-state index in [1.54, 1.807) is 43.3 Å². The molecule has 3 aromatic carbocycles. The normalized spacial score (nSPS) is 13.7. The van der Waals surface area contributed by atoms with Crippen LogP contribution in [0.2, 0.25) is 5.02 Å². The van der Waals surface area contributed by atoms with Crippen molar-refractivity contribution in [3.8, 4) is 5.75 Å². The number of carbonyl (C=O) groups is 2. The quantitative estimate of drug-likeness (QED) is 0.527. The fourth-order valence-electron chi connectivity index (χ4n) is 3.68. The first kappa shape index (κ1) is 20.7. The van der Waals surface area contributed by atoms with Crippen LogP contribution in [0, 0.1) is 0 Å². The van der Waals surface area contributed by atoms with Gasteiger partial charge in [-0.1, -0.05) is 60.1 Å². The van der Waals surface area contributed by atoms with E-state index in [9.17, 15) is 9.59 Å². The maximum absolute atomic E-state index is 13.5. The minimum absolute atomic E-state index is 0.116. The summed E-state index contributed by atoms with van der Waals surface area (Å²) in [5, 5.41) is 0.560. The van der Waals surface area contributed by atoms with E-state index < -0.39 is 0 Å². The van der Waals surface area contributed by atoms with Crippen LogP contribution in [0.3, 0.4) is 0 Å². The largest absolute Gasteiger partial charge is 0.496 e. The smallest absolute Gasteiger partial charge is 0.278 e. The van der Waals surface area contributed by atoms with Gasteiger partial charge in [0.05, 0.1) is 19.2 Å². The van der Waals surface area contributed by atoms with Crippen molar-refractivity contribution in [3.63, 3.8) is 0 Å². The summed E-state index contributed by atoms with van der Waals surface area (Å²) in [6, 6.07) is 23.8.